The molecule has 4 nitrogen and oxygen atoms in total. The molecule has 0 saturated heterocycles. The number of carbonyl (C=O) groups is 1. The first-order valence-corrected chi connectivity index (χ1v) is 7.60. The van der Waals surface area contributed by atoms with Crippen LogP contribution < -0.4 is 15.8 Å². The number of nitrogens with two attached hydrogens (primary N) is 1. The highest BCUT2D eigenvalue weighted by atomic mass is 35.5. The van der Waals surface area contributed by atoms with E-state index < -0.39 is 12.7 Å². The van der Waals surface area contributed by atoms with E-state index in [9.17, 15) is 13.6 Å². The van der Waals surface area contributed by atoms with Crippen LogP contribution in [0.25, 0.3) is 0 Å². The minimum Gasteiger partial charge on any atom is -0.435 e. The van der Waals surface area contributed by atoms with Crippen LogP contribution in [0.1, 0.15) is 24.1 Å². The number of rotatable bonds is 7. The van der Waals surface area contributed by atoms with Gasteiger partial charge >= 0.3 is 6.61 Å². The Morgan fingerprint density at radius 3 is 2.28 bits per heavy atom. The highest BCUT2D eigenvalue weighted by molar-refractivity contribution is 5.85. The van der Waals surface area contributed by atoms with Gasteiger partial charge in [0.1, 0.15) is 5.75 Å². The number of benzene rings is 2. The van der Waals surface area contributed by atoms with E-state index in [2.05, 4.69) is 10.1 Å². The average molecular weight is 371 g/mol. The van der Waals surface area contributed by atoms with Crippen molar-refractivity contribution in [3.8, 4) is 5.75 Å². The van der Waals surface area contributed by atoms with Crippen LogP contribution in [0.15, 0.2) is 54.6 Å². The Balaban J connectivity index is 0.00000312. The van der Waals surface area contributed by atoms with Gasteiger partial charge < -0.3 is 15.8 Å². The molecule has 0 aliphatic heterocycles. The molecule has 1 amide bonds. The summed E-state index contributed by atoms with van der Waals surface area (Å²) in [4.78, 5) is 12.2. The summed E-state index contributed by atoms with van der Waals surface area (Å²) in [5.74, 6) is -0.188. The van der Waals surface area contributed by atoms with E-state index in [0.29, 0.717) is 6.42 Å². The van der Waals surface area contributed by atoms with Gasteiger partial charge in [-0.1, -0.05) is 42.5 Å². The van der Waals surface area contributed by atoms with E-state index in [4.69, 9.17) is 5.73 Å². The Labute approximate surface area is 151 Å². The van der Waals surface area contributed by atoms with Gasteiger partial charge in [0.25, 0.3) is 0 Å². The fourth-order valence-corrected chi connectivity index (χ4v) is 2.30. The number of hydrogen-bond acceptors (Lipinski definition) is 3. The van der Waals surface area contributed by atoms with Crippen molar-refractivity contribution in [1.82, 2.24) is 5.32 Å². The van der Waals surface area contributed by atoms with Gasteiger partial charge in [0.2, 0.25) is 5.91 Å². The molecule has 0 aromatic heterocycles. The van der Waals surface area contributed by atoms with Gasteiger partial charge in [0, 0.05) is 0 Å². The van der Waals surface area contributed by atoms with Crippen molar-refractivity contribution < 1.29 is 18.3 Å². The highest BCUT2D eigenvalue weighted by Gasteiger charge is 2.17. The Morgan fingerprint density at radius 2 is 1.72 bits per heavy atom. The molecule has 0 saturated carbocycles. The molecule has 2 rings (SSSR count). The minimum atomic E-state index is -2.86. The molecule has 3 N–H and O–H groups in total. The van der Waals surface area contributed by atoms with E-state index in [0.717, 1.165) is 11.1 Å². The van der Waals surface area contributed by atoms with Crippen molar-refractivity contribution in [3.05, 3.63) is 65.7 Å². The third-order valence-electron chi connectivity index (χ3n) is 3.60. The molecule has 0 bridgehead atoms. The van der Waals surface area contributed by atoms with Crippen molar-refractivity contribution in [1.29, 1.82) is 0 Å². The molecule has 2 unspecified atom stereocenters. The standard InChI is InChI=1S/C18H20F2N2O2.ClH/c1-12(14-7-9-15(10-8-14)24-18(19)20)22-17(23)16(21)11-13-5-3-2-4-6-13;/h2-10,12,16,18H,11,21H2,1H3,(H,22,23);1H. The summed E-state index contributed by atoms with van der Waals surface area (Å²) in [6.45, 7) is -1.06. The maximum Gasteiger partial charge on any atom is 0.387 e. The molecule has 2 atom stereocenters. The summed E-state index contributed by atoms with van der Waals surface area (Å²) in [6, 6.07) is 14.7. The fourth-order valence-electron chi connectivity index (χ4n) is 2.30. The Kier molecular flexibility index (Phi) is 8.31. The van der Waals surface area contributed by atoms with Gasteiger partial charge in [-0.15, -0.1) is 12.4 Å². The summed E-state index contributed by atoms with van der Waals surface area (Å²) in [6.07, 6.45) is 0.445. The smallest absolute Gasteiger partial charge is 0.387 e. The van der Waals surface area contributed by atoms with Crippen LogP contribution in [0.3, 0.4) is 0 Å². The summed E-state index contributed by atoms with van der Waals surface area (Å²) in [5.41, 5.74) is 7.70. The zero-order chi connectivity index (χ0) is 17.5. The van der Waals surface area contributed by atoms with Crippen molar-refractivity contribution in [2.75, 3.05) is 0 Å². The van der Waals surface area contributed by atoms with Gasteiger partial charge in [-0.2, -0.15) is 8.78 Å². The summed E-state index contributed by atoms with van der Waals surface area (Å²) < 4.78 is 28.5. The van der Waals surface area contributed by atoms with Crippen LogP contribution in [0.5, 0.6) is 5.75 Å². The maximum atomic E-state index is 12.2. The van der Waals surface area contributed by atoms with Gasteiger partial charge in [0.05, 0.1) is 12.1 Å². The lowest BCUT2D eigenvalue weighted by Crippen LogP contribution is -2.42. The predicted octanol–water partition coefficient (Wildman–Crippen LogP) is 3.46. The number of hydrogen-bond donors (Lipinski definition) is 2. The van der Waals surface area contributed by atoms with Crippen LogP contribution in [0.2, 0.25) is 0 Å². The summed E-state index contributed by atoms with van der Waals surface area (Å²) >= 11 is 0. The normalized spacial score (nSPS) is 12.8. The highest BCUT2D eigenvalue weighted by Crippen LogP contribution is 2.19. The SMILES string of the molecule is CC(NC(=O)C(N)Cc1ccccc1)c1ccc(OC(F)F)cc1.Cl. The molecule has 2 aromatic carbocycles. The lowest BCUT2D eigenvalue weighted by Gasteiger charge is -2.18. The molecular formula is C18H21ClF2N2O2. The van der Waals surface area contributed by atoms with Crippen molar-refractivity contribution in [3.63, 3.8) is 0 Å². The van der Waals surface area contributed by atoms with E-state index in [1.807, 2.05) is 30.3 Å². The van der Waals surface area contributed by atoms with Crippen LogP contribution in [0.4, 0.5) is 8.78 Å². The second kappa shape index (κ2) is 9.96. The zero-order valence-corrected chi connectivity index (χ0v) is 14.5. The van der Waals surface area contributed by atoms with E-state index in [-0.39, 0.29) is 30.1 Å². The van der Waals surface area contributed by atoms with Crippen LogP contribution in [-0.2, 0) is 11.2 Å². The van der Waals surface area contributed by atoms with Crippen LogP contribution in [0, 0.1) is 0 Å². The topological polar surface area (TPSA) is 64.4 Å². The molecule has 0 aliphatic rings. The maximum absolute atomic E-state index is 12.2. The lowest BCUT2D eigenvalue weighted by atomic mass is 10.0. The molecule has 25 heavy (non-hydrogen) atoms. The van der Waals surface area contributed by atoms with Gasteiger partial charge in [-0.3, -0.25) is 4.79 Å². The molecule has 0 heterocycles. The third-order valence-corrected chi connectivity index (χ3v) is 3.60. The molecule has 2 aromatic rings. The molecule has 0 aliphatic carbocycles. The number of carbonyl (C=O) groups excluding carboxylic acids is 1. The van der Waals surface area contributed by atoms with Crippen molar-refractivity contribution in [2.45, 2.75) is 32.0 Å². The first kappa shape index (κ1) is 20.9. The zero-order valence-electron chi connectivity index (χ0n) is 13.7. The van der Waals surface area contributed by atoms with Crippen molar-refractivity contribution in [2.24, 2.45) is 5.73 Å². The summed E-state index contributed by atoms with van der Waals surface area (Å²) in [5, 5.41) is 2.82. The van der Waals surface area contributed by atoms with Crippen LogP contribution in [-0.4, -0.2) is 18.6 Å². The Morgan fingerprint density at radius 1 is 1.12 bits per heavy atom. The second-order valence-electron chi connectivity index (χ2n) is 5.47. The number of halogens is 3. The largest absolute Gasteiger partial charge is 0.435 e. The van der Waals surface area contributed by atoms with E-state index >= 15 is 0 Å². The fraction of sp³-hybridized carbons (Fsp3) is 0.278. The second-order valence-corrected chi connectivity index (χ2v) is 5.47. The first-order valence-electron chi connectivity index (χ1n) is 7.60. The number of amides is 1. The first-order chi connectivity index (χ1) is 11.5. The van der Waals surface area contributed by atoms with Crippen molar-refractivity contribution >= 4 is 18.3 Å². The minimum absolute atomic E-state index is 0. The molecule has 0 spiro atoms. The lowest BCUT2D eigenvalue weighted by molar-refractivity contribution is -0.123. The third kappa shape index (κ3) is 6.68. The van der Waals surface area contributed by atoms with Gasteiger partial charge in [0.15, 0.2) is 0 Å². The Hall–Kier alpha value is -2.18. The molecule has 0 fully saturated rings. The predicted molar refractivity (Wildman–Crippen MR) is 95.0 cm³/mol. The van der Waals surface area contributed by atoms with Gasteiger partial charge in [-0.05, 0) is 36.6 Å². The van der Waals surface area contributed by atoms with Crippen LogP contribution >= 0.6 is 12.4 Å². The number of nitrogens with one attached hydrogen (secondary N) is 1. The van der Waals surface area contributed by atoms with E-state index in [1.54, 1.807) is 19.1 Å². The number of alkyl halides is 2. The summed E-state index contributed by atoms with van der Waals surface area (Å²) in [7, 11) is 0. The molecular weight excluding hydrogens is 350 g/mol. The number of ether oxygens (including phenoxy) is 1. The molecule has 136 valence electrons. The monoisotopic (exact) mass is 370 g/mol. The van der Waals surface area contributed by atoms with E-state index in [1.165, 1.54) is 12.1 Å². The average Bonchev–Trinajstić information content (AvgIpc) is 2.55. The van der Waals surface area contributed by atoms with Gasteiger partial charge in [-0.25, -0.2) is 0 Å². The molecule has 0 radical (unpaired) electrons. The molecule has 7 heteroatoms. The quantitative estimate of drug-likeness (QED) is 0.784. The Bertz CT molecular complexity index is 654.